The number of hydrogen-bond acceptors (Lipinski definition) is 4. The van der Waals surface area contributed by atoms with E-state index in [0.717, 1.165) is 17.5 Å². The fraction of sp³-hybridized carbons (Fsp3) is 0.0667. The Bertz CT molecular complexity index is 838. The van der Waals surface area contributed by atoms with Crippen LogP contribution in [-0.4, -0.2) is 16.3 Å². The van der Waals surface area contributed by atoms with Gasteiger partial charge in [0, 0.05) is 11.6 Å². The molecule has 0 saturated carbocycles. The first kappa shape index (κ1) is 15.4. The van der Waals surface area contributed by atoms with Crippen molar-refractivity contribution in [2.75, 3.05) is 0 Å². The topological polar surface area (TPSA) is 44.2 Å². The average Bonchev–Trinajstić information content (AvgIpc) is 2.49. The van der Waals surface area contributed by atoms with Crippen molar-refractivity contribution < 1.29 is 22.6 Å². The molecule has 2 aromatic carbocycles. The second-order valence-electron chi connectivity index (χ2n) is 4.45. The van der Waals surface area contributed by atoms with Gasteiger partial charge in [-0.25, -0.2) is 4.98 Å². The number of alkyl halides is 3. The molecule has 4 nitrogen and oxygen atoms in total. The molecular weight excluding hydrogens is 333 g/mol. The number of halogens is 4. The highest BCUT2D eigenvalue weighted by Crippen LogP contribution is 2.27. The van der Waals surface area contributed by atoms with Crippen LogP contribution in [0.25, 0.3) is 10.9 Å². The van der Waals surface area contributed by atoms with Crippen LogP contribution in [0.2, 0.25) is 5.02 Å². The number of benzene rings is 2. The molecule has 0 N–H and O–H groups in total. The van der Waals surface area contributed by atoms with Crippen molar-refractivity contribution >= 4 is 22.5 Å². The minimum atomic E-state index is -4.74. The van der Waals surface area contributed by atoms with Crippen LogP contribution in [0.5, 0.6) is 17.5 Å². The zero-order valence-corrected chi connectivity index (χ0v) is 12.1. The summed E-state index contributed by atoms with van der Waals surface area (Å²) in [5, 5.41) is 1.20. The third-order valence-corrected chi connectivity index (χ3v) is 3.11. The Morgan fingerprint density at radius 2 is 1.65 bits per heavy atom. The lowest BCUT2D eigenvalue weighted by Gasteiger charge is -2.09. The largest absolute Gasteiger partial charge is 0.573 e. The van der Waals surface area contributed by atoms with Crippen LogP contribution < -0.4 is 9.47 Å². The van der Waals surface area contributed by atoms with Crippen LogP contribution in [0.15, 0.2) is 48.7 Å². The van der Waals surface area contributed by atoms with Crippen LogP contribution >= 0.6 is 11.6 Å². The second kappa shape index (κ2) is 5.92. The summed E-state index contributed by atoms with van der Waals surface area (Å²) in [5.41, 5.74) is 0.524. The van der Waals surface area contributed by atoms with E-state index in [1.54, 1.807) is 24.4 Å². The number of aromatic nitrogens is 2. The number of ether oxygens (including phenoxy) is 2. The molecule has 3 aromatic rings. The Morgan fingerprint density at radius 1 is 0.957 bits per heavy atom. The Hall–Kier alpha value is -2.54. The third kappa shape index (κ3) is 3.81. The van der Waals surface area contributed by atoms with Crippen molar-refractivity contribution in [2.24, 2.45) is 0 Å². The molecule has 1 heterocycles. The molecule has 8 heteroatoms. The summed E-state index contributed by atoms with van der Waals surface area (Å²) in [7, 11) is 0. The summed E-state index contributed by atoms with van der Waals surface area (Å²) >= 11 is 6.05. The monoisotopic (exact) mass is 340 g/mol. The van der Waals surface area contributed by atoms with Gasteiger partial charge in [-0.3, -0.25) is 0 Å². The van der Waals surface area contributed by atoms with Gasteiger partial charge in [-0.15, -0.1) is 13.2 Å². The maximum Gasteiger partial charge on any atom is 0.573 e. The van der Waals surface area contributed by atoms with Gasteiger partial charge in [-0.1, -0.05) is 23.7 Å². The first-order valence-electron chi connectivity index (χ1n) is 6.36. The maximum atomic E-state index is 12.1. The molecule has 0 fully saturated rings. The van der Waals surface area contributed by atoms with Gasteiger partial charge in [0.25, 0.3) is 0 Å². The van der Waals surface area contributed by atoms with Crippen LogP contribution in [0.4, 0.5) is 13.2 Å². The van der Waals surface area contributed by atoms with Crippen LogP contribution in [0.1, 0.15) is 0 Å². The Labute approximate surface area is 133 Å². The van der Waals surface area contributed by atoms with Crippen LogP contribution in [0, 0.1) is 0 Å². The summed E-state index contributed by atoms with van der Waals surface area (Å²) < 4.78 is 45.5. The molecular formula is C15H8ClF3N2O2. The molecule has 0 atom stereocenters. The number of para-hydroxylation sites is 1. The second-order valence-corrected chi connectivity index (χ2v) is 4.86. The lowest BCUT2D eigenvalue weighted by molar-refractivity contribution is -0.274. The maximum absolute atomic E-state index is 12.1. The number of hydrogen-bond donors (Lipinski definition) is 0. The number of rotatable bonds is 3. The predicted molar refractivity (Wildman–Crippen MR) is 77.7 cm³/mol. The average molecular weight is 341 g/mol. The van der Waals surface area contributed by atoms with E-state index in [4.69, 9.17) is 16.3 Å². The van der Waals surface area contributed by atoms with Crippen molar-refractivity contribution in [1.29, 1.82) is 0 Å². The lowest BCUT2D eigenvalue weighted by atomic mass is 10.2. The van der Waals surface area contributed by atoms with Gasteiger partial charge >= 0.3 is 12.4 Å². The van der Waals surface area contributed by atoms with Crippen molar-refractivity contribution in [1.82, 2.24) is 9.97 Å². The third-order valence-electron chi connectivity index (χ3n) is 2.81. The van der Waals surface area contributed by atoms with E-state index < -0.39 is 6.36 Å². The van der Waals surface area contributed by atoms with E-state index in [-0.39, 0.29) is 17.5 Å². The molecule has 0 unspecified atom stereocenters. The molecule has 118 valence electrons. The van der Waals surface area contributed by atoms with Crippen molar-refractivity contribution in [3.8, 4) is 17.5 Å². The SMILES string of the molecule is FC(F)(F)Oc1ccc(Oc2ncc3cccc(Cl)c3n2)cc1. The van der Waals surface area contributed by atoms with Gasteiger partial charge < -0.3 is 9.47 Å². The van der Waals surface area contributed by atoms with E-state index in [1.165, 1.54) is 12.1 Å². The fourth-order valence-electron chi connectivity index (χ4n) is 1.87. The molecule has 0 aliphatic heterocycles. The first-order chi connectivity index (χ1) is 10.9. The summed E-state index contributed by atoms with van der Waals surface area (Å²) in [6.45, 7) is 0. The molecule has 0 bridgehead atoms. The quantitative estimate of drug-likeness (QED) is 0.675. The zero-order chi connectivity index (χ0) is 16.4. The highest BCUT2D eigenvalue weighted by Gasteiger charge is 2.30. The van der Waals surface area contributed by atoms with Gasteiger partial charge in [0.2, 0.25) is 0 Å². The van der Waals surface area contributed by atoms with Crippen molar-refractivity contribution in [2.45, 2.75) is 6.36 Å². The Balaban J connectivity index is 1.80. The van der Waals surface area contributed by atoms with E-state index in [1.807, 2.05) is 0 Å². The Kier molecular flexibility index (Phi) is 3.96. The standard InChI is InChI=1S/C15H8ClF3N2O2/c16-12-3-1-2-9-8-20-14(21-13(9)12)22-10-4-6-11(7-5-10)23-15(17,18)19/h1-8H. The molecule has 0 saturated heterocycles. The van der Waals surface area contributed by atoms with Gasteiger partial charge in [-0.2, -0.15) is 4.98 Å². The summed E-state index contributed by atoms with van der Waals surface area (Å²) in [6.07, 6.45) is -3.19. The van der Waals surface area contributed by atoms with Gasteiger partial charge in [0.15, 0.2) is 0 Å². The summed E-state index contributed by atoms with van der Waals surface area (Å²) in [5.74, 6) is -0.0711. The molecule has 0 aliphatic rings. The smallest absolute Gasteiger partial charge is 0.424 e. The molecule has 0 amide bonds. The lowest BCUT2D eigenvalue weighted by Crippen LogP contribution is -2.16. The van der Waals surface area contributed by atoms with Gasteiger partial charge in [-0.05, 0) is 30.3 Å². The highest BCUT2D eigenvalue weighted by molar-refractivity contribution is 6.35. The van der Waals surface area contributed by atoms with E-state index >= 15 is 0 Å². The number of nitrogens with zero attached hydrogens (tertiary/aromatic N) is 2. The molecule has 0 radical (unpaired) electrons. The van der Waals surface area contributed by atoms with Gasteiger partial charge in [0.05, 0.1) is 10.5 Å². The van der Waals surface area contributed by atoms with E-state index in [9.17, 15) is 13.2 Å². The van der Waals surface area contributed by atoms with Crippen LogP contribution in [0.3, 0.4) is 0 Å². The molecule has 23 heavy (non-hydrogen) atoms. The Morgan fingerprint density at radius 3 is 2.35 bits per heavy atom. The molecule has 0 spiro atoms. The highest BCUT2D eigenvalue weighted by atomic mass is 35.5. The molecule has 1 aromatic heterocycles. The summed E-state index contributed by atoms with van der Waals surface area (Å²) in [6, 6.07) is 10.2. The van der Waals surface area contributed by atoms with Crippen LogP contribution in [-0.2, 0) is 0 Å². The minimum Gasteiger partial charge on any atom is -0.424 e. The first-order valence-corrected chi connectivity index (χ1v) is 6.73. The fourth-order valence-corrected chi connectivity index (χ4v) is 2.09. The normalized spacial score (nSPS) is 11.5. The van der Waals surface area contributed by atoms with Gasteiger partial charge in [0.1, 0.15) is 11.5 Å². The molecule has 0 aliphatic carbocycles. The molecule has 3 rings (SSSR count). The summed E-state index contributed by atoms with van der Waals surface area (Å²) in [4.78, 5) is 8.20. The van der Waals surface area contributed by atoms with Crippen molar-refractivity contribution in [3.63, 3.8) is 0 Å². The van der Waals surface area contributed by atoms with E-state index in [2.05, 4.69) is 14.7 Å². The minimum absolute atomic E-state index is 0.0371. The van der Waals surface area contributed by atoms with Crippen molar-refractivity contribution in [3.05, 3.63) is 53.7 Å². The zero-order valence-electron chi connectivity index (χ0n) is 11.3. The van der Waals surface area contributed by atoms with E-state index in [0.29, 0.717) is 10.5 Å². The number of fused-ring (bicyclic) bond motifs is 1. The predicted octanol–water partition coefficient (Wildman–Crippen LogP) is 4.97.